The first kappa shape index (κ1) is 15.0. The lowest BCUT2D eigenvalue weighted by molar-refractivity contribution is 0.283. The Balaban J connectivity index is 2.00. The maximum atomic E-state index is 8.73. The molecule has 110 valence electrons. The maximum Gasteiger partial charge on any atom is 0.240 e. The van der Waals surface area contributed by atoms with Crippen molar-refractivity contribution in [2.24, 2.45) is 5.84 Å². The first-order valence-electron chi connectivity index (χ1n) is 6.84. The standard InChI is InChI=1S/C13H21N5OS/c1-9-8-10-11(15-6-4-2-3-5-7-19)16-13(18-14)17-12(10)20-9/h8,19H,2-7,14H2,1H3,(H2,15,16,17,18). The SMILES string of the molecule is Cc1cc2c(NCCCCCCO)nc(NN)nc2s1. The van der Waals surface area contributed by atoms with E-state index in [2.05, 4.69) is 33.7 Å². The van der Waals surface area contributed by atoms with E-state index in [0.717, 1.165) is 48.3 Å². The molecule has 0 radical (unpaired) electrons. The molecule has 2 heterocycles. The van der Waals surface area contributed by atoms with Crippen molar-refractivity contribution in [2.75, 3.05) is 23.9 Å². The Kier molecular flexibility index (Phi) is 5.51. The second-order valence-corrected chi connectivity index (χ2v) is 5.92. The van der Waals surface area contributed by atoms with Gasteiger partial charge in [0.05, 0.1) is 5.39 Å². The van der Waals surface area contributed by atoms with Crippen LogP contribution in [-0.4, -0.2) is 28.2 Å². The van der Waals surface area contributed by atoms with Gasteiger partial charge in [0, 0.05) is 18.0 Å². The number of aliphatic hydroxyl groups excluding tert-OH is 1. The smallest absolute Gasteiger partial charge is 0.240 e. The van der Waals surface area contributed by atoms with E-state index in [-0.39, 0.29) is 6.61 Å². The summed E-state index contributed by atoms with van der Waals surface area (Å²) in [6, 6.07) is 2.09. The minimum atomic E-state index is 0.277. The number of rotatable bonds is 8. The lowest BCUT2D eigenvalue weighted by Gasteiger charge is -2.08. The van der Waals surface area contributed by atoms with Crippen molar-refractivity contribution >= 4 is 33.3 Å². The third kappa shape index (κ3) is 3.78. The Morgan fingerprint density at radius 3 is 2.80 bits per heavy atom. The Hall–Kier alpha value is -1.44. The lowest BCUT2D eigenvalue weighted by Crippen LogP contribution is -2.12. The van der Waals surface area contributed by atoms with Crippen LogP contribution in [-0.2, 0) is 0 Å². The number of hydrogen-bond acceptors (Lipinski definition) is 7. The van der Waals surface area contributed by atoms with Crippen LogP contribution in [0.5, 0.6) is 0 Å². The van der Waals surface area contributed by atoms with Gasteiger partial charge in [-0.05, 0) is 25.8 Å². The predicted molar refractivity (Wildman–Crippen MR) is 84.0 cm³/mol. The molecule has 0 fully saturated rings. The summed E-state index contributed by atoms with van der Waals surface area (Å²) in [7, 11) is 0. The minimum Gasteiger partial charge on any atom is -0.396 e. The van der Waals surface area contributed by atoms with Crippen LogP contribution >= 0.6 is 11.3 Å². The average Bonchev–Trinajstić information content (AvgIpc) is 2.82. The fourth-order valence-electron chi connectivity index (χ4n) is 2.04. The van der Waals surface area contributed by atoms with Gasteiger partial charge in [-0.2, -0.15) is 4.98 Å². The highest BCUT2D eigenvalue weighted by Gasteiger charge is 2.09. The van der Waals surface area contributed by atoms with Gasteiger partial charge in [0.15, 0.2) is 0 Å². The zero-order chi connectivity index (χ0) is 14.4. The second-order valence-electron chi connectivity index (χ2n) is 4.68. The van der Waals surface area contributed by atoms with E-state index >= 15 is 0 Å². The first-order chi connectivity index (χ1) is 9.74. The molecule has 0 aliphatic heterocycles. The van der Waals surface area contributed by atoms with Gasteiger partial charge in [0.25, 0.3) is 0 Å². The highest BCUT2D eigenvalue weighted by molar-refractivity contribution is 7.18. The highest BCUT2D eigenvalue weighted by Crippen LogP contribution is 2.29. The fraction of sp³-hybridized carbons (Fsp3) is 0.538. The Bertz CT molecular complexity index is 557. The molecular formula is C13H21N5OS. The third-order valence-corrected chi connectivity index (χ3v) is 3.97. The summed E-state index contributed by atoms with van der Waals surface area (Å²) >= 11 is 1.63. The van der Waals surface area contributed by atoms with Gasteiger partial charge < -0.3 is 10.4 Å². The van der Waals surface area contributed by atoms with Gasteiger partial charge >= 0.3 is 0 Å². The molecule has 0 saturated carbocycles. The van der Waals surface area contributed by atoms with Crippen molar-refractivity contribution in [3.05, 3.63) is 10.9 Å². The van der Waals surface area contributed by atoms with Crippen molar-refractivity contribution in [1.82, 2.24) is 9.97 Å². The highest BCUT2D eigenvalue weighted by atomic mass is 32.1. The number of aryl methyl sites for hydroxylation is 1. The molecule has 0 bridgehead atoms. The number of thiophene rings is 1. The number of unbranched alkanes of at least 4 members (excludes halogenated alkanes) is 3. The molecule has 0 aromatic carbocycles. The molecule has 2 rings (SSSR count). The molecule has 20 heavy (non-hydrogen) atoms. The van der Waals surface area contributed by atoms with Crippen molar-refractivity contribution in [3.63, 3.8) is 0 Å². The average molecular weight is 295 g/mol. The third-order valence-electron chi connectivity index (χ3n) is 3.02. The molecule has 0 unspecified atom stereocenters. The molecule has 0 atom stereocenters. The number of nitrogens with zero attached hydrogens (tertiary/aromatic N) is 2. The number of nitrogen functional groups attached to an aromatic ring is 1. The minimum absolute atomic E-state index is 0.277. The van der Waals surface area contributed by atoms with E-state index in [9.17, 15) is 0 Å². The Labute approximate surface area is 122 Å². The van der Waals surface area contributed by atoms with E-state index in [0.29, 0.717) is 5.95 Å². The fourth-order valence-corrected chi connectivity index (χ4v) is 2.92. The number of anilines is 2. The number of aliphatic hydroxyl groups is 1. The molecular weight excluding hydrogens is 274 g/mol. The molecule has 0 amide bonds. The van der Waals surface area contributed by atoms with Gasteiger partial charge in [-0.3, -0.25) is 5.43 Å². The summed E-state index contributed by atoms with van der Waals surface area (Å²) in [4.78, 5) is 10.9. The van der Waals surface area contributed by atoms with Gasteiger partial charge in [-0.15, -0.1) is 11.3 Å². The monoisotopic (exact) mass is 295 g/mol. The first-order valence-corrected chi connectivity index (χ1v) is 7.65. The quantitative estimate of drug-likeness (QED) is 0.339. The van der Waals surface area contributed by atoms with Crippen LogP contribution in [0.2, 0.25) is 0 Å². The number of nitrogens with one attached hydrogen (secondary N) is 2. The van der Waals surface area contributed by atoms with E-state index < -0.39 is 0 Å². The molecule has 2 aromatic rings. The molecule has 0 aliphatic rings. The summed E-state index contributed by atoms with van der Waals surface area (Å²) in [5.74, 6) is 6.67. The van der Waals surface area contributed by atoms with Crippen LogP contribution in [0.4, 0.5) is 11.8 Å². The zero-order valence-electron chi connectivity index (χ0n) is 11.6. The number of fused-ring (bicyclic) bond motifs is 1. The number of hydrogen-bond donors (Lipinski definition) is 4. The van der Waals surface area contributed by atoms with E-state index in [1.165, 1.54) is 4.88 Å². The van der Waals surface area contributed by atoms with Crippen molar-refractivity contribution < 1.29 is 5.11 Å². The topological polar surface area (TPSA) is 96.1 Å². The van der Waals surface area contributed by atoms with E-state index in [4.69, 9.17) is 10.9 Å². The maximum absolute atomic E-state index is 8.73. The van der Waals surface area contributed by atoms with E-state index in [1.807, 2.05) is 0 Å². The molecule has 2 aromatic heterocycles. The van der Waals surface area contributed by atoms with Crippen LogP contribution in [0, 0.1) is 6.92 Å². The number of nitrogens with two attached hydrogens (primary N) is 1. The molecule has 0 saturated heterocycles. The summed E-state index contributed by atoms with van der Waals surface area (Å²) in [5, 5.41) is 13.1. The summed E-state index contributed by atoms with van der Waals surface area (Å²) in [6.07, 6.45) is 4.10. The van der Waals surface area contributed by atoms with Crippen molar-refractivity contribution in [1.29, 1.82) is 0 Å². The number of hydrazine groups is 1. The van der Waals surface area contributed by atoms with Crippen molar-refractivity contribution in [3.8, 4) is 0 Å². The van der Waals surface area contributed by atoms with Crippen LogP contribution in [0.15, 0.2) is 6.07 Å². The largest absolute Gasteiger partial charge is 0.396 e. The molecule has 5 N–H and O–H groups in total. The normalized spacial score (nSPS) is 10.9. The van der Waals surface area contributed by atoms with E-state index in [1.54, 1.807) is 11.3 Å². The van der Waals surface area contributed by atoms with Crippen molar-refractivity contribution in [2.45, 2.75) is 32.6 Å². The van der Waals surface area contributed by atoms with Crippen LogP contribution in [0.1, 0.15) is 30.6 Å². The van der Waals surface area contributed by atoms with Crippen LogP contribution in [0.25, 0.3) is 10.2 Å². The summed E-state index contributed by atoms with van der Waals surface area (Å²) < 4.78 is 0. The van der Waals surface area contributed by atoms with Gasteiger partial charge in [0.2, 0.25) is 5.95 Å². The zero-order valence-corrected chi connectivity index (χ0v) is 12.5. The second kappa shape index (κ2) is 7.37. The Morgan fingerprint density at radius 1 is 1.25 bits per heavy atom. The lowest BCUT2D eigenvalue weighted by atomic mass is 10.2. The number of aromatic nitrogens is 2. The summed E-state index contributed by atoms with van der Waals surface area (Å²) in [6.45, 7) is 3.19. The molecule has 0 spiro atoms. The predicted octanol–water partition coefficient (Wildman–Crippen LogP) is 2.25. The van der Waals surface area contributed by atoms with Gasteiger partial charge in [-0.1, -0.05) is 12.8 Å². The van der Waals surface area contributed by atoms with Crippen LogP contribution in [0.3, 0.4) is 0 Å². The molecule has 0 aliphatic carbocycles. The van der Waals surface area contributed by atoms with Crippen LogP contribution < -0.4 is 16.6 Å². The molecule has 7 heteroatoms. The Morgan fingerprint density at radius 2 is 2.05 bits per heavy atom. The van der Waals surface area contributed by atoms with Gasteiger partial charge in [0.1, 0.15) is 10.6 Å². The molecule has 6 nitrogen and oxygen atoms in total. The summed E-state index contributed by atoms with van der Waals surface area (Å²) in [5.41, 5.74) is 2.50. The van der Waals surface area contributed by atoms with Gasteiger partial charge in [-0.25, -0.2) is 10.8 Å².